The highest BCUT2D eigenvalue weighted by Crippen LogP contribution is 2.39. The highest BCUT2D eigenvalue weighted by Gasteiger charge is 2.36. The Morgan fingerprint density at radius 3 is 2.68 bits per heavy atom. The van der Waals surface area contributed by atoms with Crippen LogP contribution in [0.5, 0.6) is 0 Å². The molecule has 0 spiro atoms. The first kappa shape index (κ1) is 26.0. The van der Waals surface area contributed by atoms with Crippen LogP contribution in [-0.2, 0) is 12.0 Å². The number of likely N-dealkylation sites (tertiary alicyclic amines) is 1. The van der Waals surface area contributed by atoms with Crippen molar-refractivity contribution < 1.29 is 10.2 Å². The predicted molar refractivity (Wildman–Crippen MR) is 147 cm³/mol. The third-order valence-electron chi connectivity index (χ3n) is 7.94. The Labute approximate surface area is 223 Å². The molecule has 2 aliphatic rings. The van der Waals surface area contributed by atoms with Gasteiger partial charge in [0.25, 0.3) is 0 Å². The lowest BCUT2D eigenvalue weighted by atomic mass is 9.86. The van der Waals surface area contributed by atoms with Crippen molar-refractivity contribution in [3.05, 3.63) is 64.5 Å². The summed E-state index contributed by atoms with van der Waals surface area (Å²) >= 11 is 0. The second kappa shape index (κ2) is 11.0. The van der Waals surface area contributed by atoms with Gasteiger partial charge in [0, 0.05) is 12.2 Å². The number of aromatic nitrogens is 3. The number of aliphatic hydroxyl groups is 2. The highest BCUT2D eigenvalue weighted by molar-refractivity contribution is 5.64. The average Bonchev–Trinajstić information content (AvgIpc) is 3.26. The van der Waals surface area contributed by atoms with Gasteiger partial charge < -0.3 is 25.7 Å². The van der Waals surface area contributed by atoms with Crippen molar-refractivity contribution >= 4 is 23.3 Å². The zero-order chi connectivity index (χ0) is 26.7. The molecule has 1 aromatic carbocycles. The molecular weight excluding hydrogens is 478 g/mol. The fraction of sp³-hybridized carbons (Fsp3) is 0.448. The number of pyridine rings is 1. The molecule has 0 bridgehead atoms. The van der Waals surface area contributed by atoms with Crippen molar-refractivity contribution in [3.63, 3.8) is 0 Å². The Kier molecular flexibility index (Phi) is 7.56. The standard InChI is InChI=1S/C29H35N7O2/c1-3-29(38)11-8-21-4-7-25(33-26(21)29)34-27-22(17-30)18-31-28(35-27)32-23-5-6-24(19(2)16-23)20-9-12-36(13-10-20)14-15-37/h4-7,16,18,20,37-38H,3,8-15H2,1-2H3,(H2,31,32,33,34,35). The molecule has 3 aromatic rings. The topological polar surface area (TPSA) is 130 Å². The molecular formula is C29H35N7O2. The van der Waals surface area contributed by atoms with E-state index in [1.165, 1.54) is 17.3 Å². The Morgan fingerprint density at radius 1 is 1.16 bits per heavy atom. The molecule has 0 saturated carbocycles. The summed E-state index contributed by atoms with van der Waals surface area (Å²) in [5.74, 6) is 1.79. The van der Waals surface area contributed by atoms with Crippen molar-refractivity contribution in [1.29, 1.82) is 5.26 Å². The number of hydrogen-bond donors (Lipinski definition) is 4. The molecule has 1 atom stereocenters. The summed E-state index contributed by atoms with van der Waals surface area (Å²) in [5, 5.41) is 36.2. The predicted octanol–water partition coefficient (Wildman–Crippen LogP) is 4.25. The molecule has 0 radical (unpaired) electrons. The van der Waals surface area contributed by atoms with Crippen molar-refractivity contribution in [1.82, 2.24) is 19.9 Å². The minimum Gasteiger partial charge on any atom is -0.395 e. The van der Waals surface area contributed by atoms with Crippen LogP contribution in [0.2, 0.25) is 0 Å². The normalized spacial score (nSPS) is 19.7. The van der Waals surface area contributed by atoms with Crippen molar-refractivity contribution in [3.8, 4) is 6.07 Å². The van der Waals surface area contributed by atoms with Gasteiger partial charge in [0.1, 0.15) is 23.1 Å². The maximum atomic E-state index is 10.9. The maximum Gasteiger partial charge on any atom is 0.229 e. The Bertz CT molecular complexity index is 1350. The largest absolute Gasteiger partial charge is 0.395 e. The summed E-state index contributed by atoms with van der Waals surface area (Å²) in [4.78, 5) is 15.9. The molecule has 1 aliphatic heterocycles. The zero-order valence-electron chi connectivity index (χ0n) is 22.0. The lowest BCUT2D eigenvalue weighted by Crippen LogP contribution is -2.35. The molecule has 3 heterocycles. The second-order valence-corrected chi connectivity index (χ2v) is 10.3. The van der Waals surface area contributed by atoms with Crippen LogP contribution in [0.3, 0.4) is 0 Å². The lowest BCUT2D eigenvalue weighted by molar-refractivity contribution is 0.0307. The molecule has 1 fully saturated rings. The molecule has 1 unspecified atom stereocenters. The summed E-state index contributed by atoms with van der Waals surface area (Å²) in [5.41, 5.74) is 4.60. The molecule has 4 N–H and O–H groups in total. The monoisotopic (exact) mass is 513 g/mol. The van der Waals surface area contributed by atoms with Gasteiger partial charge in [-0.2, -0.15) is 10.2 Å². The number of aliphatic hydroxyl groups excluding tert-OH is 1. The number of nitrogens with zero attached hydrogens (tertiary/aromatic N) is 5. The van der Waals surface area contributed by atoms with Gasteiger partial charge in [-0.25, -0.2) is 9.97 Å². The Hall–Kier alpha value is -3.58. The first-order chi connectivity index (χ1) is 18.4. The molecule has 0 amide bonds. The molecule has 9 nitrogen and oxygen atoms in total. The van der Waals surface area contributed by atoms with E-state index in [-0.39, 0.29) is 6.61 Å². The molecule has 2 aromatic heterocycles. The number of hydrogen-bond acceptors (Lipinski definition) is 9. The van der Waals surface area contributed by atoms with Crippen LogP contribution in [0.15, 0.2) is 36.5 Å². The van der Waals surface area contributed by atoms with Gasteiger partial charge in [0.15, 0.2) is 5.82 Å². The first-order valence-electron chi connectivity index (χ1n) is 13.4. The molecule has 9 heteroatoms. The van der Waals surface area contributed by atoms with E-state index >= 15 is 0 Å². The van der Waals surface area contributed by atoms with Gasteiger partial charge in [0.05, 0.1) is 18.5 Å². The van der Waals surface area contributed by atoms with Crippen molar-refractivity contribution in [2.75, 3.05) is 36.9 Å². The Morgan fingerprint density at radius 2 is 1.97 bits per heavy atom. The SMILES string of the molecule is CCC1(O)CCc2ccc(Nc3nc(Nc4ccc(C5CCN(CCO)CC5)c(C)c4)ncc3C#N)nc21. The molecule has 198 valence electrons. The van der Waals surface area contributed by atoms with Gasteiger partial charge >= 0.3 is 0 Å². The van der Waals surface area contributed by atoms with Crippen LogP contribution in [0.1, 0.15) is 66.5 Å². The molecule has 38 heavy (non-hydrogen) atoms. The second-order valence-electron chi connectivity index (χ2n) is 10.3. The van der Waals surface area contributed by atoms with E-state index in [4.69, 9.17) is 0 Å². The summed E-state index contributed by atoms with van der Waals surface area (Å²) in [7, 11) is 0. The van der Waals surface area contributed by atoms with E-state index in [1.54, 1.807) is 0 Å². The third-order valence-corrected chi connectivity index (χ3v) is 7.94. The van der Waals surface area contributed by atoms with Gasteiger partial charge in [-0.3, -0.25) is 0 Å². The fourth-order valence-corrected chi connectivity index (χ4v) is 5.66. The third kappa shape index (κ3) is 5.34. The minimum absolute atomic E-state index is 0.213. The number of nitrogens with one attached hydrogen (secondary N) is 2. The number of piperidine rings is 1. The van der Waals surface area contributed by atoms with Crippen LogP contribution in [-0.4, -0.2) is 56.3 Å². The van der Waals surface area contributed by atoms with Gasteiger partial charge in [-0.05, 0) is 92.9 Å². The number of benzene rings is 1. The number of fused-ring (bicyclic) bond motifs is 1. The van der Waals surface area contributed by atoms with E-state index in [9.17, 15) is 15.5 Å². The van der Waals surface area contributed by atoms with Crippen LogP contribution in [0.25, 0.3) is 0 Å². The van der Waals surface area contributed by atoms with Gasteiger partial charge in [-0.1, -0.05) is 19.1 Å². The average molecular weight is 514 g/mol. The summed E-state index contributed by atoms with van der Waals surface area (Å²) < 4.78 is 0. The summed E-state index contributed by atoms with van der Waals surface area (Å²) in [6.45, 7) is 7.07. The quantitative estimate of drug-likeness (QED) is 0.349. The highest BCUT2D eigenvalue weighted by atomic mass is 16.3. The van der Waals surface area contributed by atoms with Crippen LogP contribution < -0.4 is 10.6 Å². The van der Waals surface area contributed by atoms with E-state index in [2.05, 4.69) is 55.6 Å². The first-order valence-corrected chi connectivity index (χ1v) is 13.4. The Balaban J connectivity index is 1.31. The number of rotatable bonds is 8. The minimum atomic E-state index is -0.913. The van der Waals surface area contributed by atoms with Gasteiger partial charge in [-0.15, -0.1) is 0 Å². The summed E-state index contributed by atoms with van der Waals surface area (Å²) in [6.07, 6.45) is 5.75. The number of anilines is 4. The molecule has 1 saturated heterocycles. The number of aryl methyl sites for hydroxylation is 2. The van der Waals surface area contributed by atoms with E-state index in [0.29, 0.717) is 47.6 Å². The van der Waals surface area contributed by atoms with E-state index < -0.39 is 5.60 Å². The molecule has 1 aliphatic carbocycles. The number of nitriles is 1. The van der Waals surface area contributed by atoms with Gasteiger partial charge in [0.2, 0.25) is 5.95 Å². The van der Waals surface area contributed by atoms with Crippen LogP contribution >= 0.6 is 0 Å². The van der Waals surface area contributed by atoms with Crippen molar-refractivity contribution in [2.24, 2.45) is 0 Å². The number of β-amino-alcohol motifs (C(OH)–C–C–N with tert-alkyl or cyclic N) is 1. The lowest BCUT2D eigenvalue weighted by Gasteiger charge is -2.32. The van der Waals surface area contributed by atoms with Crippen molar-refractivity contribution in [2.45, 2.75) is 57.5 Å². The van der Waals surface area contributed by atoms with Crippen LogP contribution in [0, 0.1) is 18.3 Å². The fourth-order valence-electron chi connectivity index (χ4n) is 5.66. The summed E-state index contributed by atoms with van der Waals surface area (Å²) in [6, 6.07) is 12.3. The smallest absolute Gasteiger partial charge is 0.229 e. The van der Waals surface area contributed by atoms with Crippen LogP contribution in [0.4, 0.5) is 23.3 Å². The maximum absolute atomic E-state index is 10.9. The van der Waals surface area contributed by atoms with E-state index in [1.807, 2.05) is 25.1 Å². The molecule has 5 rings (SSSR count). The van der Waals surface area contributed by atoms with E-state index in [0.717, 1.165) is 50.1 Å². The zero-order valence-corrected chi connectivity index (χ0v) is 22.0.